The van der Waals surface area contributed by atoms with E-state index in [0.717, 1.165) is 0 Å². The number of thioether (sulfide) groups is 1. The third-order valence-corrected chi connectivity index (χ3v) is 3.91. The first-order chi connectivity index (χ1) is 8.58. The number of hydrogen-bond acceptors (Lipinski definition) is 2. The van der Waals surface area contributed by atoms with Gasteiger partial charge in [-0.2, -0.15) is 0 Å². The van der Waals surface area contributed by atoms with Crippen molar-refractivity contribution in [3.05, 3.63) is 58.6 Å². The summed E-state index contributed by atoms with van der Waals surface area (Å²) in [6, 6.07) is 8.84. The van der Waals surface area contributed by atoms with Crippen LogP contribution in [0.4, 0.5) is 14.5 Å². The minimum Gasteiger partial charge on any atom is -0.399 e. The predicted molar refractivity (Wildman–Crippen MR) is 71.8 cm³/mol. The minimum absolute atomic E-state index is 0.0426. The molecule has 0 atom stereocenters. The van der Waals surface area contributed by atoms with Crippen LogP contribution in [0.2, 0.25) is 5.02 Å². The van der Waals surface area contributed by atoms with E-state index in [2.05, 4.69) is 0 Å². The summed E-state index contributed by atoms with van der Waals surface area (Å²) in [4.78, 5) is 0.708. The van der Waals surface area contributed by atoms with Gasteiger partial charge in [0.25, 0.3) is 0 Å². The second-order valence-electron chi connectivity index (χ2n) is 3.68. The standard InChI is InChI=1S/C13H10ClF2NS/c14-10-5-4-8(17)6-13(10)18-7-9-11(15)2-1-3-12(9)16/h1-6H,7,17H2. The average Bonchev–Trinajstić information content (AvgIpc) is 2.33. The SMILES string of the molecule is Nc1ccc(Cl)c(SCc2c(F)cccc2F)c1. The fourth-order valence-corrected chi connectivity index (χ4v) is 2.73. The zero-order valence-electron chi connectivity index (χ0n) is 9.29. The van der Waals surface area contributed by atoms with E-state index in [1.165, 1.54) is 30.0 Å². The highest BCUT2D eigenvalue weighted by Crippen LogP contribution is 2.32. The summed E-state index contributed by atoms with van der Waals surface area (Å²) in [6.45, 7) is 0. The first kappa shape index (κ1) is 13.2. The summed E-state index contributed by atoms with van der Waals surface area (Å²) in [6.07, 6.45) is 0. The van der Waals surface area contributed by atoms with Crippen molar-refractivity contribution in [1.82, 2.24) is 0 Å². The number of halogens is 3. The van der Waals surface area contributed by atoms with Crippen molar-refractivity contribution in [1.29, 1.82) is 0 Å². The van der Waals surface area contributed by atoms with Gasteiger partial charge in [-0.15, -0.1) is 11.8 Å². The van der Waals surface area contributed by atoms with E-state index in [1.54, 1.807) is 18.2 Å². The summed E-state index contributed by atoms with van der Waals surface area (Å²) in [5, 5.41) is 0.519. The zero-order valence-corrected chi connectivity index (χ0v) is 10.9. The number of hydrogen-bond donors (Lipinski definition) is 1. The van der Waals surface area contributed by atoms with Crippen LogP contribution >= 0.6 is 23.4 Å². The lowest BCUT2D eigenvalue weighted by atomic mass is 10.2. The van der Waals surface area contributed by atoms with Crippen molar-refractivity contribution in [2.24, 2.45) is 0 Å². The Hall–Kier alpha value is -1.26. The Kier molecular flexibility index (Phi) is 4.09. The monoisotopic (exact) mass is 285 g/mol. The summed E-state index contributed by atoms with van der Waals surface area (Å²) < 4.78 is 26.8. The molecule has 0 aliphatic carbocycles. The van der Waals surface area contributed by atoms with E-state index in [0.29, 0.717) is 15.6 Å². The van der Waals surface area contributed by atoms with Crippen molar-refractivity contribution < 1.29 is 8.78 Å². The van der Waals surface area contributed by atoms with Crippen LogP contribution in [0.25, 0.3) is 0 Å². The lowest BCUT2D eigenvalue weighted by Gasteiger charge is -2.07. The third-order valence-electron chi connectivity index (χ3n) is 2.39. The maximum atomic E-state index is 13.4. The molecule has 0 unspecified atom stereocenters. The molecule has 0 amide bonds. The Morgan fingerprint density at radius 1 is 1.11 bits per heavy atom. The fourth-order valence-electron chi connectivity index (χ4n) is 1.45. The van der Waals surface area contributed by atoms with Crippen molar-refractivity contribution >= 4 is 29.1 Å². The maximum Gasteiger partial charge on any atom is 0.130 e. The smallest absolute Gasteiger partial charge is 0.130 e. The highest BCUT2D eigenvalue weighted by Gasteiger charge is 2.10. The number of nitrogens with two attached hydrogens (primary N) is 1. The van der Waals surface area contributed by atoms with Crippen LogP contribution < -0.4 is 5.73 Å². The van der Waals surface area contributed by atoms with E-state index < -0.39 is 11.6 Å². The molecule has 0 aromatic heterocycles. The van der Waals surface area contributed by atoms with Crippen LogP contribution in [0.15, 0.2) is 41.3 Å². The van der Waals surface area contributed by atoms with Crippen LogP contribution in [-0.4, -0.2) is 0 Å². The lowest BCUT2D eigenvalue weighted by Crippen LogP contribution is -1.93. The van der Waals surface area contributed by atoms with E-state index >= 15 is 0 Å². The molecule has 0 radical (unpaired) electrons. The van der Waals surface area contributed by atoms with Gasteiger partial charge in [0, 0.05) is 21.9 Å². The molecule has 2 rings (SSSR count). The van der Waals surface area contributed by atoms with Gasteiger partial charge in [-0.25, -0.2) is 8.78 Å². The summed E-state index contributed by atoms with van der Waals surface area (Å²) >= 11 is 7.23. The number of benzene rings is 2. The van der Waals surface area contributed by atoms with Crippen LogP contribution in [0.1, 0.15) is 5.56 Å². The fraction of sp³-hybridized carbons (Fsp3) is 0.0769. The second-order valence-corrected chi connectivity index (χ2v) is 5.10. The van der Waals surface area contributed by atoms with Crippen molar-refractivity contribution in [3.8, 4) is 0 Å². The molecule has 0 spiro atoms. The van der Waals surface area contributed by atoms with Gasteiger partial charge < -0.3 is 5.73 Å². The summed E-state index contributed by atoms with van der Waals surface area (Å²) in [5.41, 5.74) is 6.24. The molecule has 0 saturated carbocycles. The van der Waals surface area contributed by atoms with Crippen LogP contribution in [0, 0.1) is 11.6 Å². The van der Waals surface area contributed by atoms with Crippen molar-refractivity contribution in [2.75, 3.05) is 5.73 Å². The maximum absolute atomic E-state index is 13.4. The molecule has 0 aliphatic rings. The van der Waals surface area contributed by atoms with Crippen LogP contribution in [-0.2, 0) is 5.75 Å². The molecular formula is C13H10ClF2NS. The molecule has 5 heteroatoms. The first-order valence-corrected chi connectivity index (χ1v) is 6.55. The highest BCUT2D eigenvalue weighted by atomic mass is 35.5. The van der Waals surface area contributed by atoms with E-state index in [1.807, 2.05) is 0 Å². The van der Waals surface area contributed by atoms with Crippen molar-refractivity contribution in [3.63, 3.8) is 0 Å². The van der Waals surface area contributed by atoms with Crippen LogP contribution in [0.3, 0.4) is 0 Å². The van der Waals surface area contributed by atoms with E-state index in [9.17, 15) is 8.78 Å². The second kappa shape index (κ2) is 5.59. The molecule has 2 aromatic carbocycles. The first-order valence-electron chi connectivity index (χ1n) is 5.18. The van der Waals surface area contributed by atoms with Gasteiger partial charge in [0.2, 0.25) is 0 Å². The average molecular weight is 286 g/mol. The molecule has 18 heavy (non-hydrogen) atoms. The zero-order chi connectivity index (χ0) is 13.1. The quantitative estimate of drug-likeness (QED) is 0.664. The minimum atomic E-state index is -0.553. The Labute approximate surface area is 113 Å². The van der Waals surface area contributed by atoms with E-state index in [4.69, 9.17) is 17.3 Å². The normalized spacial score (nSPS) is 10.6. The topological polar surface area (TPSA) is 26.0 Å². The molecule has 0 fully saturated rings. The van der Waals surface area contributed by atoms with Crippen molar-refractivity contribution in [2.45, 2.75) is 10.6 Å². The van der Waals surface area contributed by atoms with Gasteiger partial charge in [0.1, 0.15) is 11.6 Å². The largest absolute Gasteiger partial charge is 0.399 e. The predicted octanol–water partition coefficient (Wildman–Crippen LogP) is 4.49. The molecular weight excluding hydrogens is 276 g/mol. The number of nitrogen functional groups attached to an aromatic ring is 1. The molecule has 0 aliphatic heterocycles. The molecule has 0 heterocycles. The Morgan fingerprint density at radius 2 is 1.78 bits per heavy atom. The number of anilines is 1. The summed E-state index contributed by atoms with van der Waals surface area (Å²) in [7, 11) is 0. The molecule has 0 bridgehead atoms. The highest BCUT2D eigenvalue weighted by molar-refractivity contribution is 7.98. The molecule has 2 N–H and O–H groups in total. The molecule has 1 nitrogen and oxygen atoms in total. The van der Waals surface area contributed by atoms with Crippen LogP contribution in [0.5, 0.6) is 0 Å². The van der Waals surface area contributed by atoms with Gasteiger partial charge in [-0.1, -0.05) is 17.7 Å². The van der Waals surface area contributed by atoms with Gasteiger partial charge in [0.05, 0.1) is 5.02 Å². The lowest BCUT2D eigenvalue weighted by molar-refractivity contribution is 0.566. The Bertz CT molecular complexity index is 555. The number of rotatable bonds is 3. The van der Waals surface area contributed by atoms with Gasteiger partial charge in [0.15, 0.2) is 0 Å². The molecule has 94 valence electrons. The Balaban J connectivity index is 2.19. The van der Waals surface area contributed by atoms with Gasteiger partial charge >= 0.3 is 0 Å². The summed E-state index contributed by atoms with van der Waals surface area (Å²) in [5.74, 6) is -0.938. The third kappa shape index (κ3) is 2.94. The van der Waals surface area contributed by atoms with Gasteiger partial charge in [-0.05, 0) is 30.3 Å². The van der Waals surface area contributed by atoms with Gasteiger partial charge in [-0.3, -0.25) is 0 Å². The molecule has 2 aromatic rings. The van der Waals surface area contributed by atoms with E-state index in [-0.39, 0.29) is 11.3 Å². The molecule has 0 saturated heterocycles. The Morgan fingerprint density at radius 3 is 2.44 bits per heavy atom.